The summed E-state index contributed by atoms with van der Waals surface area (Å²) in [5, 5.41) is 15.3. The zero-order valence-corrected chi connectivity index (χ0v) is 7.07. The number of rotatable bonds is 1. The number of hydrogen-bond acceptors (Lipinski definition) is 2. The molecule has 5 nitrogen and oxygen atoms in total. The van der Waals surface area contributed by atoms with Crippen molar-refractivity contribution in [2.24, 2.45) is 7.05 Å². The minimum Gasteiger partial charge on any atom is -0.565 e. The van der Waals surface area contributed by atoms with E-state index in [9.17, 15) is 0 Å². The lowest BCUT2D eigenvalue weighted by Crippen LogP contribution is -2.29. The number of nitrogens with one attached hydrogen (secondary N) is 1. The van der Waals surface area contributed by atoms with Crippen LogP contribution in [0.4, 0.5) is 4.79 Å². The fraction of sp³-hybridized carbons (Fsp3) is 0.429. The van der Waals surface area contributed by atoms with Crippen molar-refractivity contribution < 1.29 is 19.6 Å². The molecule has 0 spiro atoms. The highest BCUT2D eigenvalue weighted by Gasteiger charge is 1.99. The molecule has 0 aliphatic rings. The molecule has 0 bridgehead atoms. The van der Waals surface area contributed by atoms with E-state index in [0.29, 0.717) is 0 Å². The molecule has 0 fully saturated rings. The number of H-pyrrole nitrogens is 1. The van der Waals surface area contributed by atoms with Crippen LogP contribution < -0.4 is 9.67 Å². The van der Waals surface area contributed by atoms with Gasteiger partial charge < -0.3 is 15.0 Å². The summed E-state index contributed by atoms with van der Waals surface area (Å²) in [6, 6.07) is 0. The second-order valence-corrected chi connectivity index (χ2v) is 2.14. The number of aromatic amines is 1. The van der Waals surface area contributed by atoms with Gasteiger partial charge in [-0.2, -0.15) is 0 Å². The lowest BCUT2D eigenvalue weighted by Gasteiger charge is -1.83. The number of aromatic nitrogens is 2. The number of carbonyl (C=O) groups is 1. The summed E-state index contributed by atoms with van der Waals surface area (Å²) >= 11 is 0. The Hall–Kier alpha value is -1.52. The van der Waals surface area contributed by atoms with Crippen LogP contribution >= 0.6 is 0 Å². The maximum atomic E-state index is 8.44. The van der Waals surface area contributed by atoms with Crippen LogP contribution in [0.25, 0.3) is 0 Å². The minimum atomic E-state index is -2.08. The SMILES string of the molecule is CCc1[nH]cc[n+]1C.O=C([O-])O. The molecule has 0 saturated heterocycles. The molecule has 1 aromatic heterocycles. The molecule has 0 atom stereocenters. The highest BCUT2D eigenvalue weighted by Crippen LogP contribution is 1.82. The van der Waals surface area contributed by atoms with Crippen molar-refractivity contribution in [2.45, 2.75) is 13.3 Å². The van der Waals surface area contributed by atoms with Gasteiger partial charge in [-0.05, 0) is 0 Å². The van der Waals surface area contributed by atoms with E-state index in [2.05, 4.69) is 16.5 Å². The van der Waals surface area contributed by atoms with E-state index < -0.39 is 6.16 Å². The maximum Gasteiger partial charge on any atom is 0.253 e. The maximum absolute atomic E-state index is 8.44. The van der Waals surface area contributed by atoms with Crippen LogP contribution in [0.5, 0.6) is 0 Å². The van der Waals surface area contributed by atoms with Crippen LogP contribution in [0, 0.1) is 0 Å². The normalized spacial score (nSPS) is 8.50. The van der Waals surface area contributed by atoms with Gasteiger partial charge in [-0.3, -0.25) is 0 Å². The van der Waals surface area contributed by atoms with E-state index in [1.807, 2.05) is 19.4 Å². The van der Waals surface area contributed by atoms with E-state index in [1.165, 1.54) is 5.82 Å². The van der Waals surface area contributed by atoms with Crippen molar-refractivity contribution in [2.75, 3.05) is 0 Å². The quantitative estimate of drug-likeness (QED) is 0.549. The Balaban J connectivity index is 0.000000261. The molecule has 0 saturated carbocycles. The number of carboxylic acid groups (broad SMARTS) is 2. The van der Waals surface area contributed by atoms with Crippen molar-refractivity contribution in [1.82, 2.24) is 4.98 Å². The molecule has 0 unspecified atom stereocenters. The summed E-state index contributed by atoms with van der Waals surface area (Å²) in [6.07, 6.45) is 2.95. The van der Waals surface area contributed by atoms with E-state index in [-0.39, 0.29) is 0 Å². The Bertz CT molecular complexity index is 241. The van der Waals surface area contributed by atoms with Gasteiger partial charge in [0.15, 0.2) is 0 Å². The van der Waals surface area contributed by atoms with Gasteiger partial charge in [-0.15, -0.1) is 0 Å². The lowest BCUT2D eigenvalue weighted by molar-refractivity contribution is -0.677. The van der Waals surface area contributed by atoms with Gasteiger partial charge in [0.25, 0.3) is 5.82 Å². The summed E-state index contributed by atoms with van der Waals surface area (Å²) in [6.45, 7) is 2.13. The van der Waals surface area contributed by atoms with Crippen molar-refractivity contribution in [3.63, 3.8) is 0 Å². The highest BCUT2D eigenvalue weighted by atomic mass is 16.6. The van der Waals surface area contributed by atoms with Gasteiger partial charge in [-0.1, -0.05) is 6.92 Å². The molecule has 1 rings (SSSR count). The summed E-state index contributed by atoms with van der Waals surface area (Å²) in [4.78, 5) is 11.6. The van der Waals surface area contributed by atoms with Crippen molar-refractivity contribution in [3.05, 3.63) is 18.2 Å². The van der Waals surface area contributed by atoms with Crippen LogP contribution in [-0.2, 0) is 13.5 Å². The Morgan fingerprint density at radius 1 is 1.83 bits per heavy atom. The standard InChI is InChI=1S/C6H10N2.CH2O3/c1-3-6-7-4-5-8(6)2;2-1(3)4/h4-5H,3H2,1-2H3;(H2,2,3,4). The Morgan fingerprint density at radius 3 is 2.50 bits per heavy atom. The molecule has 0 aliphatic carbocycles. The average Bonchev–Trinajstić information content (AvgIpc) is 2.33. The molecule has 0 aromatic carbocycles. The first-order valence-electron chi connectivity index (χ1n) is 3.49. The predicted octanol–water partition coefficient (Wildman–Crippen LogP) is -0.711. The van der Waals surface area contributed by atoms with E-state index >= 15 is 0 Å². The van der Waals surface area contributed by atoms with Crippen LogP contribution in [0.15, 0.2) is 12.4 Å². The average molecular weight is 172 g/mol. The van der Waals surface area contributed by atoms with Crippen LogP contribution in [0.2, 0.25) is 0 Å². The molecule has 1 heterocycles. The molecule has 1 aromatic rings. The van der Waals surface area contributed by atoms with Gasteiger partial charge in [0.05, 0.1) is 7.05 Å². The predicted molar refractivity (Wildman–Crippen MR) is 39.4 cm³/mol. The van der Waals surface area contributed by atoms with Gasteiger partial charge in [-0.25, -0.2) is 9.55 Å². The number of aryl methyl sites for hydroxylation is 2. The van der Waals surface area contributed by atoms with Gasteiger partial charge in [0.2, 0.25) is 6.16 Å². The van der Waals surface area contributed by atoms with E-state index in [0.717, 1.165) is 6.42 Å². The molecular formula is C7H12N2O3. The van der Waals surface area contributed by atoms with E-state index in [4.69, 9.17) is 15.0 Å². The fourth-order valence-corrected chi connectivity index (χ4v) is 0.789. The molecule has 5 heteroatoms. The van der Waals surface area contributed by atoms with Crippen molar-refractivity contribution >= 4 is 6.16 Å². The molecule has 12 heavy (non-hydrogen) atoms. The topological polar surface area (TPSA) is 80.0 Å². The Kier molecular flexibility index (Phi) is 4.52. The Morgan fingerprint density at radius 2 is 2.33 bits per heavy atom. The smallest absolute Gasteiger partial charge is 0.253 e. The molecule has 0 radical (unpaired) electrons. The third-order valence-electron chi connectivity index (χ3n) is 1.31. The fourth-order valence-electron chi connectivity index (χ4n) is 0.789. The second-order valence-electron chi connectivity index (χ2n) is 2.14. The zero-order chi connectivity index (χ0) is 9.56. The largest absolute Gasteiger partial charge is 0.565 e. The molecule has 0 aliphatic heterocycles. The number of hydrogen-bond donors (Lipinski definition) is 2. The first kappa shape index (κ1) is 10.5. The van der Waals surface area contributed by atoms with Crippen LogP contribution in [0.1, 0.15) is 12.7 Å². The minimum absolute atomic E-state index is 1.07. The lowest BCUT2D eigenvalue weighted by atomic mass is 10.5. The molecule has 2 N–H and O–H groups in total. The Labute approximate surface area is 70.3 Å². The summed E-state index contributed by atoms with van der Waals surface area (Å²) in [7, 11) is 2.04. The molecule has 0 amide bonds. The van der Waals surface area contributed by atoms with E-state index in [1.54, 1.807) is 0 Å². The molecular weight excluding hydrogens is 160 g/mol. The highest BCUT2D eigenvalue weighted by molar-refractivity contribution is 5.50. The summed E-state index contributed by atoms with van der Waals surface area (Å²) in [5.74, 6) is 1.27. The monoisotopic (exact) mass is 172 g/mol. The first-order valence-corrected chi connectivity index (χ1v) is 3.49. The van der Waals surface area contributed by atoms with Gasteiger partial charge in [0.1, 0.15) is 12.4 Å². The first-order chi connectivity index (χ1) is 5.57. The zero-order valence-electron chi connectivity index (χ0n) is 7.07. The number of nitrogens with zero attached hydrogens (tertiary/aromatic N) is 1. The summed E-state index contributed by atoms with van der Waals surface area (Å²) in [5.41, 5.74) is 0. The van der Waals surface area contributed by atoms with Crippen LogP contribution in [0.3, 0.4) is 0 Å². The van der Waals surface area contributed by atoms with Crippen molar-refractivity contribution in [3.8, 4) is 0 Å². The third kappa shape index (κ3) is 4.32. The van der Waals surface area contributed by atoms with Gasteiger partial charge in [0, 0.05) is 6.42 Å². The second kappa shape index (κ2) is 5.17. The van der Waals surface area contributed by atoms with Crippen LogP contribution in [-0.4, -0.2) is 16.2 Å². The molecule has 68 valence electrons. The van der Waals surface area contributed by atoms with Gasteiger partial charge >= 0.3 is 0 Å². The van der Waals surface area contributed by atoms with Crippen molar-refractivity contribution in [1.29, 1.82) is 0 Å². The number of imidazole rings is 1. The summed E-state index contributed by atoms with van der Waals surface area (Å²) < 4.78 is 2.08. The third-order valence-corrected chi connectivity index (χ3v) is 1.31.